The normalized spacial score (nSPS) is 11.9. The summed E-state index contributed by atoms with van der Waals surface area (Å²) in [6.45, 7) is 4.48. The fourth-order valence-electron chi connectivity index (χ4n) is 2.02. The maximum Gasteiger partial charge on any atom is 0.127 e. The molecule has 2 aromatic carbocycles. The maximum atomic E-state index is 13.7. The van der Waals surface area contributed by atoms with E-state index in [-0.39, 0.29) is 11.9 Å². The molecule has 0 aliphatic heterocycles. The Morgan fingerprint density at radius 1 is 1.20 bits per heavy atom. The summed E-state index contributed by atoms with van der Waals surface area (Å²) in [6, 6.07) is 14.8. The van der Waals surface area contributed by atoms with E-state index in [2.05, 4.69) is 29.6 Å². The highest BCUT2D eigenvalue weighted by Gasteiger charge is 2.08. The van der Waals surface area contributed by atoms with E-state index >= 15 is 0 Å². The summed E-state index contributed by atoms with van der Waals surface area (Å²) in [5.41, 5.74) is 3.37. The summed E-state index contributed by atoms with van der Waals surface area (Å²) in [7, 11) is 0. The number of hydrogen-bond acceptors (Lipinski definition) is 2. The summed E-state index contributed by atoms with van der Waals surface area (Å²) in [5.74, 6) is -0.285. The molecule has 0 bridgehead atoms. The van der Waals surface area contributed by atoms with Crippen molar-refractivity contribution >= 4 is 0 Å². The van der Waals surface area contributed by atoms with Gasteiger partial charge < -0.3 is 5.32 Å². The fourth-order valence-corrected chi connectivity index (χ4v) is 2.02. The van der Waals surface area contributed by atoms with Crippen LogP contribution < -0.4 is 5.32 Å². The number of nitrogens with one attached hydrogen (secondary N) is 1. The van der Waals surface area contributed by atoms with Crippen molar-refractivity contribution in [2.45, 2.75) is 26.4 Å². The summed E-state index contributed by atoms with van der Waals surface area (Å²) < 4.78 is 13.7. The van der Waals surface area contributed by atoms with Gasteiger partial charge in [-0.2, -0.15) is 5.26 Å². The molecule has 0 radical (unpaired) electrons. The van der Waals surface area contributed by atoms with Crippen molar-refractivity contribution in [2.24, 2.45) is 0 Å². The first-order chi connectivity index (χ1) is 9.60. The Bertz CT molecular complexity index is 626. The molecule has 102 valence electrons. The molecule has 3 heteroatoms. The monoisotopic (exact) mass is 268 g/mol. The van der Waals surface area contributed by atoms with Crippen molar-refractivity contribution in [3.63, 3.8) is 0 Å². The molecule has 0 fully saturated rings. The molecule has 1 atom stereocenters. The lowest BCUT2D eigenvalue weighted by Crippen LogP contribution is -2.18. The molecule has 0 aromatic heterocycles. The van der Waals surface area contributed by atoms with Crippen LogP contribution in [0.1, 0.15) is 35.2 Å². The topological polar surface area (TPSA) is 35.8 Å². The Labute approximate surface area is 118 Å². The molecule has 1 unspecified atom stereocenters. The first kappa shape index (κ1) is 14.2. The molecule has 1 N–H and O–H groups in total. The minimum atomic E-state index is -0.285. The molecule has 2 nitrogen and oxygen atoms in total. The second kappa shape index (κ2) is 6.31. The molecule has 0 aliphatic carbocycles. The van der Waals surface area contributed by atoms with Gasteiger partial charge in [0.05, 0.1) is 11.6 Å². The average Bonchev–Trinajstić information content (AvgIpc) is 2.47. The zero-order valence-electron chi connectivity index (χ0n) is 11.7. The van der Waals surface area contributed by atoms with Gasteiger partial charge in [0.15, 0.2) is 0 Å². The molecule has 0 heterocycles. The van der Waals surface area contributed by atoms with E-state index in [1.165, 1.54) is 17.7 Å². The summed E-state index contributed by atoms with van der Waals surface area (Å²) in [4.78, 5) is 0. The standard InChI is InChI=1S/C17H17FN2/c1-12-3-6-15(7-4-12)13(2)20-11-16-9-14(10-19)5-8-17(16)18/h3-9,13,20H,11H2,1-2H3. The zero-order valence-corrected chi connectivity index (χ0v) is 11.7. The van der Waals surface area contributed by atoms with Gasteiger partial charge in [-0.25, -0.2) is 4.39 Å². The quantitative estimate of drug-likeness (QED) is 0.914. The molecular formula is C17H17FN2. The number of hydrogen-bond donors (Lipinski definition) is 1. The molecule has 0 saturated carbocycles. The van der Waals surface area contributed by atoms with Gasteiger partial charge in [0.25, 0.3) is 0 Å². The van der Waals surface area contributed by atoms with E-state index in [4.69, 9.17) is 5.26 Å². The van der Waals surface area contributed by atoms with Crippen LogP contribution in [0.25, 0.3) is 0 Å². The van der Waals surface area contributed by atoms with E-state index in [1.54, 1.807) is 6.07 Å². The fraction of sp³-hybridized carbons (Fsp3) is 0.235. The van der Waals surface area contributed by atoms with E-state index in [0.717, 1.165) is 5.56 Å². The van der Waals surface area contributed by atoms with Crippen molar-refractivity contribution in [3.8, 4) is 6.07 Å². The van der Waals surface area contributed by atoms with Gasteiger partial charge in [0, 0.05) is 18.2 Å². The highest BCUT2D eigenvalue weighted by atomic mass is 19.1. The Morgan fingerprint density at radius 2 is 1.90 bits per heavy atom. The van der Waals surface area contributed by atoms with Crippen LogP contribution in [-0.2, 0) is 6.54 Å². The lowest BCUT2D eigenvalue weighted by molar-refractivity contribution is 0.544. The molecule has 0 saturated heterocycles. The third-order valence-electron chi connectivity index (χ3n) is 3.35. The van der Waals surface area contributed by atoms with E-state index in [0.29, 0.717) is 17.7 Å². The number of nitrogens with zero attached hydrogens (tertiary/aromatic N) is 1. The Kier molecular flexibility index (Phi) is 4.49. The molecule has 0 amide bonds. The molecule has 0 aliphatic rings. The molecule has 2 rings (SSSR count). The van der Waals surface area contributed by atoms with Crippen molar-refractivity contribution < 1.29 is 4.39 Å². The van der Waals surface area contributed by atoms with Crippen LogP contribution >= 0.6 is 0 Å². The number of halogens is 1. The van der Waals surface area contributed by atoms with Gasteiger partial charge in [-0.1, -0.05) is 29.8 Å². The highest BCUT2D eigenvalue weighted by molar-refractivity contribution is 5.34. The predicted molar refractivity (Wildman–Crippen MR) is 77.5 cm³/mol. The molecule has 0 spiro atoms. The van der Waals surface area contributed by atoms with Gasteiger partial charge in [0.2, 0.25) is 0 Å². The number of nitriles is 1. The van der Waals surface area contributed by atoms with Crippen molar-refractivity contribution in [3.05, 3.63) is 70.5 Å². The summed E-state index contributed by atoms with van der Waals surface area (Å²) in [5, 5.41) is 12.1. The first-order valence-corrected chi connectivity index (χ1v) is 6.58. The third kappa shape index (κ3) is 3.43. The lowest BCUT2D eigenvalue weighted by Gasteiger charge is -2.15. The second-order valence-electron chi connectivity index (χ2n) is 4.93. The summed E-state index contributed by atoms with van der Waals surface area (Å²) in [6.07, 6.45) is 0. The number of aryl methyl sites for hydroxylation is 1. The summed E-state index contributed by atoms with van der Waals surface area (Å²) >= 11 is 0. The number of benzene rings is 2. The predicted octanol–water partition coefficient (Wildman–Crippen LogP) is 3.86. The van der Waals surface area contributed by atoms with Gasteiger partial charge in [-0.15, -0.1) is 0 Å². The Morgan fingerprint density at radius 3 is 2.55 bits per heavy atom. The molecule has 20 heavy (non-hydrogen) atoms. The van der Waals surface area contributed by atoms with Crippen molar-refractivity contribution in [2.75, 3.05) is 0 Å². The lowest BCUT2D eigenvalue weighted by atomic mass is 10.1. The third-order valence-corrected chi connectivity index (χ3v) is 3.35. The van der Waals surface area contributed by atoms with Gasteiger partial charge in [-0.05, 0) is 37.6 Å². The first-order valence-electron chi connectivity index (χ1n) is 6.58. The maximum absolute atomic E-state index is 13.7. The van der Waals surface area contributed by atoms with Gasteiger partial charge in [0.1, 0.15) is 5.82 Å². The van der Waals surface area contributed by atoms with Crippen LogP contribution in [0.15, 0.2) is 42.5 Å². The van der Waals surface area contributed by atoms with Crippen LogP contribution in [0.5, 0.6) is 0 Å². The van der Waals surface area contributed by atoms with Crippen molar-refractivity contribution in [1.82, 2.24) is 5.32 Å². The number of rotatable bonds is 4. The zero-order chi connectivity index (χ0) is 14.5. The van der Waals surface area contributed by atoms with Crippen LogP contribution in [0.3, 0.4) is 0 Å². The van der Waals surface area contributed by atoms with Crippen molar-refractivity contribution in [1.29, 1.82) is 5.26 Å². The van der Waals surface area contributed by atoms with Crippen LogP contribution in [0, 0.1) is 24.1 Å². The smallest absolute Gasteiger partial charge is 0.127 e. The highest BCUT2D eigenvalue weighted by Crippen LogP contribution is 2.15. The molecule has 2 aromatic rings. The second-order valence-corrected chi connectivity index (χ2v) is 4.93. The van der Waals surface area contributed by atoms with Crippen LogP contribution in [0.4, 0.5) is 4.39 Å². The van der Waals surface area contributed by atoms with Crippen LogP contribution in [-0.4, -0.2) is 0 Å². The Balaban J connectivity index is 2.05. The van der Waals surface area contributed by atoms with Crippen LogP contribution in [0.2, 0.25) is 0 Å². The minimum Gasteiger partial charge on any atom is -0.306 e. The van der Waals surface area contributed by atoms with Gasteiger partial charge >= 0.3 is 0 Å². The molecular weight excluding hydrogens is 251 g/mol. The average molecular weight is 268 g/mol. The van der Waals surface area contributed by atoms with E-state index in [1.807, 2.05) is 19.9 Å². The minimum absolute atomic E-state index is 0.126. The van der Waals surface area contributed by atoms with Gasteiger partial charge in [-0.3, -0.25) is 0 Å². The van der Waals surface area contributed by atoms with E-state index in [9.17, 15) is 4.39 Å². The van der Waals surface area contributed by atoms with E-state index < -0.39 is 0 Å². The Hall–Kier alpha value is -2.18. The largest absolute Gasteiger partial charge is 0.306 e. The SMILES string of the molecule is Cc1ccc(C(C)NCc2cc(C#N)ccc2F)cc1.